The Morgan fingerprint density at radius 1 is 1.12 bits per heavy atom. The zero-order valence-corrected chi connectivity index (χ0v) is 15.5. The van der Waals surface area contributed by atoms with E-state index in [9.17, 15) is 8.42 Å². The first-order valence-corrected chi connectivity index (χ1v) is 10.4. The molecule has 0 saturated heterocycles. The summed E-state index contributed by atoms with van der Waals surface area (Å²) in [5.41, 5.74) is 0. The highest BCUT2D eigenvalue weighted by Crippen LogP contribution is 2.32. The smallest absolute Gasteiger partial charge is 0.241 e. The van der Waals surface area contributed by atoms with Crippen LogP contribution in [0.4, 0.5) is 0 Å². The first kappa shape index (κ1) is 17.3. The molecule has 4 rings (SSSR count). The molecule has 0 spiro atoms. The summed E-state index contributed by atoms with van der Waals surface area (Å²) < 4.78 is 41.3. The van der Waals surface area contributed by atoms with E-state index in [0.29, 0.717) is 30.5 Å². The van der Waals surface area contributed by atoms with E-state index in [0.717, 1.165) is 38.1 Å². The molecular formula is C17H22N4O4S. The normalized spacial score (nSPS) is 18.0. The Bertz CT molecular complexity index is 909. The zero-order valence-electron chi connectivity index (χ0n) is 14.6. The molecule has 0 radical (unpaired) electrons. The number of aromatic nitrogens is 3. The topological polar surface area (TPSA) is 95.3 Å². The molecule has 9 heteroatoms. The lowest BCUT2D eigenvalue weighted by Gasteiger charge is -2.20. The Kier molecular flexibility index (Phi) is 4.58. The zero-order chi connectivity index (χ0) is 18.1. The summed E-state index contributed by atoms with van der Waals surface area (Å²) in [5, 5.41) is 8.47. The minimum absolute atomic E-state index is 0.143. The van der Waals surface area contributed by atoms with E-state index >= 15 is 0 Å². The fraction of sp³-hybridized carbons (Fsp3) is 0.529. The molecule has 1 atom stereocenters. The van der Waals surface area contributed by atoms with Crippen molar-refractivity contribution >= 4 is 10.0 Å². The van der Waals surface area contributed by atoms with Gasteiger partial charge >= 0.3 is 0 Å². The minimum Gasteiger partial charge on any atom is -0.486 e. The molecule has 1 N–H and O–H groups in total. The highest BCUT2D eigenvalue weighted by Gasteiger charge is 2.25. The van der Waals surface area contributed by atoms with Crippen LogP contribution in [0.3, 0.4) is 0 Å². The molecule has 140 valence electrons. The summed E-state index contributed by atoms with van der Waals surface area (Å²) in [4.78, 5) is 0.143. The largest absolute Gasteiger partial charge is 0.486 e. The molecule has 0 unspecified atom stereocenters. The highest BCUT2D eigenvalue weighted by atomic mass is 32.2. The molecule has 2 aliphatic heterocycles. The van der Waals surface area contributed by atoms with Crippen molar-refractivity contribution in [3.63, 3.8) is 0 Å². The van der Waals surface area contributed by atoms with Crippen molar-refractivity contribution in [2.75, 3.05) is 13.2 Å². The van der Waals surface area contributed by atoms with E-state index in [4.69, 9.17) is 9.47 Å². The molecule has 2 aliphatic rings. The van der Waals surface area contributed by atoms with Crippen LogP contribution in [0, 0.1) is 0 Å². The lowest BCUT2D eigenvalue weighted by atomic mass is 10.2. The number of rotatable bonds is 4. The molecule has 3 heterocycles. The summed E-state index contributed by atoms with van der Waals surface area (Å²) in [5.74, 6) is 2.60. The molecule has 0 fully saturated rings. The Morgan fingerprint density at radius 3 is 2.77 bits per heavy atom. The summed E-state index contributed by atoms with van der Waals surface area (Å²) in [6.07, 6.45) is 4.18. The summed E-state index contributed by atoms with van der Waals surface area (Å²) >= 11 is 0. The lowest BCUT2D eigenvalue weighted by Crippen LogP contribution is -2.29. The van der Waals surface area contributed by atoms with Gasteiger partial charge in [-0.1, -0.05) is 6.42 Å². The number of hydrogen-bond acceptors (Lipinski definition) is 6. The number of benzene rings is 1. The van der Waals surface area contributed by atoms with Crippen LogP contribution in [0.2, 0.25) is 0 Å². The average Bonchev–Trinajstić information content (AvgIpc) is 2.90. The van der Waals surface area contributed by atoms with Crippen LogP contribution in [0.25, 0.3) is 0 Å². The first-order valence-electron chi connectivity index (χ1n) is 8.88. The van der Waals surface area contributed by atoms with Crippen molar-refractivity contribution in [1.29, 1.82) is 0 Å². The van der Waals surface area contributed by atoms with Crippen molar-refractivity contribution in [2.45, 2.75) is 50.1 Å². The molecule has 0 aliphatic carbocycles. The standard InChI is InChI=1S/C17H22N4O4S/c1-12(17-19-18-16-5-3-2-4-8-21(16)17)20-26(22,23)13-6-7-14-15(11-13)25-10-9-24-14/h6-7,11-12,20H,2-5,8-10H2,1H3/t12-/m1/s1. The third-order valence-corrected chi connectivity index (χ3v) is 6.22. The Balaban J connectivity index is 1.57. The van der Waals surface area contributed by atoms with E-state index < -0.39 is 16.1 Å². The van der Waals surface area contributed by atoms with Crippen LogP contribution in [-0.4, -0.2) is 36.4 Å². The number of aryl methyl sites for hydroxylation is 1. The van der Waals surface area contributed by atoms with Gasteiger partial charge < -0.3 is 14.0 Å². The Morgan fingerprint density at radius 2 is 1.92 bits per heavy atom. The second kappa shape index (κ2) is 6.88. The minimum atomic E-state index is -3.72. The molecule has 0 amide bonds. The van der Waals surface area contributed by atoms with Gasteiger partial charge in [0.05, 0.1) is 10.9 Å². The molecule has 8 nitrogen and oxygen atoms in total. The van der Waals surface area contributed by atoms with Crippen molar-refractivity contribution < 1.29 is 17.9 Å². The number of sulfonamides is 1. The second-order valence-corrected chi connectivity index (χ2v) is 8.30. The summed E-state index contributed by atoms with van der Waals surface area (Å²) in [6, 6.07) is 4.16. The quantitative estimate of drug-likeness (QED) is 0.872. The third-order valence-electron chi connectivity index (χ3n) is 4.68. The lowest BCUT2D eigenvalue weighted by molar-refractivity contribution is 0.171. The van der Waals surface area contributed by atoms with Gasteiger partial charge in [-0.05, 0) is 31.9 Å². The maximum Gasteiger partial charge on any atom is 0.241 e. The van der Waals surface area contributed by atoms with Gasteiger partial charge in [-0.2, -0.15) is 0 Å². The van der Waals surface area contributed by atoms with Crippen LogP contribution >= 0.6 is 0 Å². The van der Waals surface area contributed by atoms with Crippen molar-refractivity contribution in [2.24, 2.45) is 0 Å². The van der Waals surface area contributed by atoms with E-state index in [1.54, 1.807) is 13.0 Å². The predicted octanol–water partition coefficient (Wildman–Crippen LogP) is 1.82. The van der Waals surface area contributed by atoms with Crippen LogP contribution in [0.15, 0.2) is 23.1 Å². The fourth-order valence-corrected chi connectivity index (χ4v) is 4.59. The van der Waals surface area contributed by atoms with E-state index in [1.165, 1.54) is 12.1 Å². The average molecular weight is 378 g/mol. The highest BCUT2D eigenvalue weighted by molar-refractivity contribution is 7.89. The molecular weight excluding hydrogens is 356 g/mol. The van der Waals surface area contributed by atoms with E-state index in [-0.39, 0.29) is 4.90 Å². The first-order chi connectivity index (χ1) is 12.5. The Hall–Kier alpha value is -2.13. The molecule has 1 aromatic heterocycles. The number of hydrogen-bond donors (Lipinski definition) is 1. The summed E-state index contributed by atoms with van der Waals surface area (Å²) in [6.45, 7) is 3.49. The van der Waals surface area contributed by atoms with Gasteiger partial charge in [0.15, 0.2) is 17.3 Å². The van der Waals surface area contributed by atoms with Crippen LogP contribution < -0.4 is 14.2 Å². The number of nitrogens with zero attached hydrogens (tertiary/aromatic N) is 3. The van der Waals surface area contributed by atoms with Crippen LogP contribution in [0.5, 0.6) is 11.5 Å². The van der Waals surface area contributed by atoms with Gasteiger partial charge in [-0.25, -0.2) is 13.1 Å². The van der Waals surface area contributed by atoms with E-state index in [2.05, 4.69) is 14.9 Å². The fourth-order valence-electron chi connectivity index (χ4n) is 3.37. The number of ether oxygens (including phenoxy) is 2. The van der Waals surface area contributed by atoms with Gasteiger partial charge in [0, 0.05) is 19.0 Å². The van der Waals surface area contributed by atoms with Crippen LogP contribution in [0.1, 0.15) is 43.9 Å². The monoisotopic (exact) mass is 378 g/mol. The number of fused-ring (bicyclic) bond motifs is 2. The van der Waals surface area contributed by atoms with Gasteiger partial charge in [0.2, 0.25) is 10.0 Å². The number of nitrogens with one attached hydrogen (secondary N) is 1. The maximum absolute atomic E-state index is 12.8. The van der Waals surface area contributed by atoms with Crippen molar-refractivity contribution in [1.82, 2.24) is 19.5 Å². The molecule has 1 aromatic carbocycles. The predicted molar refractivity (Wildman–Crippen MR) is 93.7 cm³/mol. The molecule has 0 saturated carbocycles. The Labute approximate surface area is 152 Å². The van der Waals surface area contributed by atoms with Gasteiger partial charge in [-0.15, -0.1) is 10.2 Å². The molecule has 2 aromatic rings. The second-order valence-electron chi connectivity index (χ2n) is 6.59. The maximum atomic E-state index is 12.8. The van der Waals surface area contributed by atoms with E-state index in [1.807, 2.05) is 4.57 Å². The van der Waals surface area contributed by atoms with Gasteiger partial charge in [0.1, 0.15) is 19.0 Å². The molecule has 0 bridgehead atoms. The van der Waals surface area contributed by atoms with Crippen molar-refractivity contribution in [3.05, 3.63) is 29.8 Å². The van der Waals surface area contributed by atoms with Gasteiger partial charge in [-0.3, -0.25) is 0 Å². The van der Waals surface area contributed by atoms with Gasteiger partial charge in [0.25, 0.3) is 0 Å². The van der Waals surface area contributed by atoms with Crippen molar-refractivity contribution in [3.8, 4) is 11.5 Å². The van der Waals surface area contributed by atoms with Crippen LogP contribution in [-0.2, 0) is 23.0 Å². The molecule has 26 heavy (non-hydrogen) atoms. The SMILES string of the molecule is C[C@@H](NS(=O)(=O)c1ccc2c(c1)OCCO2)c1nnc2n1CCCCC2. The summed E-state index contributed by atoms with van der Waals surface area (Å²) in [7, 11) is -3.72. The third kappa shape index (κ3) is 3.28.